The van der Waals surface area contributed by atoms with Crippen molar-refractivity contribution in [3.8, 4) is 10.4 Å². The molecule has 13 nitrogen and oxygen atoms in total. The number of amides is 5. The number of aliphatic hydroxyl groups is 1. The molecule has 6 N–H and O–H groups in total. The van der Waals surface area contributed by atoms with Crippen molar-refractivity contribution in [2.45, 2.75) is 149 Å². The number of likely N-dealkylation sites (tertiary alicyclic amines) is 1. The number of aryl methyl sites for hydroxylation is 3. The minimum absolute atomic E-state index is 0.0177. The summed E-state index contributed by atoms with van der Waals surface area (Å²) in [6, 6.07) is 14.3. The van der Waals surface area contributed by atoms with Crippen LogP contribution in [0.25, 0.3) is 10.4 Å². The van der Waals surface area contributed by atoms with Gasteiger partial charge in [0.15, 0.2) is 0 Å². The number of β-amino-alcohol motifs (C(OH)–C–C–N with tert-alkyl or cyclic N) is 1. The van der Waals surface area contributed by atoms with Gasteiger partial charge in [-0.1, -0.05) is 69.3 Å². The Kier molecular flexibility index (Phi) is 17.0. The smallest absolute Gasteiger partial charge is 0.407 e. The highest BCUT2D eigenvalue weighted by Gasteiger charge is 2.44. The summed E-state index contributed by atoms with van der Waals surface area (Å²) >= 11 is 1.58. The van der Waals surface area contributed by atoms with Crippen LogP contribution in [0.2, 0.25) is 0 Å². The third-order valence-corrected chi connectivity index (χ3v) is 11.3. The Balaban J connectivity index is 1.22. The van der Waals surface area contributed by atoms with E-state index >= 15 is 0 Å². The normalized spacial score (nSPS) is 16.6. The number of nitrogens with zero attached hydrogens (tertiary/aromatic N) is 2. The monoisotopic (exact) mass is 832 g/mol. The molecule has 1 aliphatic rings. The number of thiazole rings is 1. The zero-order valence-electron chi connectivity index (χ0n) is 35.8. The molecule has 0 unspecified atom stereocenters. The van der Waals surface area contributed by atoms with Crippen molar-refractivity contribution in [3.05, 3.63) is 76.4 Å². The molecular formula is C45H64N6O7S. The lowest BCUT2D eigenvalue weighted by molar-refractivity contribution is -0.144. The van der Waals surface area contributed by atoms with Crippen molar-refractivity contribution in [2.24, 2.45) is 11.1 Å². The van der Waals surface area contributed by atoms with Crippen LogP contribution in [0, 0.1) is 12.3 Å². The Labute approximate surface area is 353 Å². The van der Waals surface area contributed by atoms with E-state index in [1.54, 1.807) is 32.1 Å². The van der Waals surface area contributed by atoms with Crippen molar-refractivity contribution >= 4 is 41.1 Å². The number of carbonyl (C=O) groups excluding carboxylic acids is 5. The van der Waals surface area contributed by atoms with Crippen molar-refractivity contribution in [3.63, 3.8) is 0 Å². The largest absolute Gasteiger partial charge is 0.444 e. The van der Waals surface area contributed by atoms with E-state index in [1.165, 1.54) is 4.90 Å². The number of benzene rings is 2. The van der Waals surface area contributed by atoms with Crippen LogP contribution in [0.1, 0.15) is 115 Å². The number of alkyl carbamates (subject to hydrolysis) is 1. The van der Waals surface area contributed by atoms with Gasteiger partial charge in [-0.3, -0.25) is 19.2 Å². The van der Waals surface area contributed by atoms with Crippen LogP contribution in [0.3, 0.4) is 0 Å². The van der Waals surface area contributed by atoms with Crippen molar-refractivity contribution in [1.82, 2.24) is 25.8 Å². The number of aromatic nitrogens is 1. The van der Waals surface area contributed by atoms with E-state index in [-0.39, 0.29) is 56.1 Å². The summed E-state index contributed by atoms with van der Waals surface area (Å²) in [6.45, 7) is 13.3. The number of primary amides is 1. The molecule has 3 aromatic rings. The number of rotatable bonds is 19. The number of ether oxygens (including phenoxy) is 1. The van der Waals surface area contributed by atoms with Gasteiger partial charge >= 0.3 is 6.09 Å². The van der Waals surface area contributed by atoms with E-state index in [9.17, 15) is 29.1 Å². The minimum atomic E-state index is -0.877. The molecule has 1 saturated heterocycles. The molecule has 4 rings (SSSR count). The first-order chi connectivity index (χ1) is 27.8. The second kappa shape index (κ2) is 21.4. The highest BCUT2D eigenvalue weighted by Crippen LogP contribution is 2.28. The maximum atomic E-state index is 14.0. The van der Waals surface area contributed by atoms with Gasteiger partial charge in [0.05, 0.1) is 22.2 Å². The van der Waals surface area contributed by atoms with Gasteiger partial charge in [-0.2, -0.15) is 0 Å². The van der Waals surface area contributed by atoms with Gasteiger partial charge in [0.2, 0.25) is 23.6 Å². The highest BCUT2D eigenvalue weighted by molar-refractivity contribution is 7.13. The molecule has 14 heteroatoms. The van der Waals surface area contributed by atoms with Crippen LogP contribution in [0.4, 0.5) is 4.79 Å². The van der Waals surface area contributed by atoms with E-state index < -0.39 is 41.2 Å². The number of unbranched alkanes of at least 4 members (excludes halogenated alkanes) is 1. The molecule has 0 radical (unpaired) electrons. The van der Waals surface area contributed by atoms with Crippen LogP contribution in [0.15, 0.2) is 54.0 Å². The van der Waals surface area contributed by atoms with Crippen LogP contribution < -0.4 is 21.7 Å². The first-order valence-electron chi connectivity index (χ1n) is 20.7. The van der Waals surface area contributed by atoms with Crippen molar-refractivity contribution < 1.29 is 33.8 Å². The van der Waals surface area contributed by atoms with Gasteiger partial charge in [0, 0.05) is 38.4 Å². The number of nitrogens with one attached hydrogen (secondary N) is 3. The summed E-state index contributed by atoms with van der Waals surface area (Å²) in [5, 5.41) is 19.3. The second-order valence-electron chi connectivity index (χ2n) is 17.7. The molecule has 2 aromatic carbocycles. The lowest BCUT2D eigenvalue weighted by atomic mass is 9.85. The molecule has 1 fully saturated rings. The molecular weight excluding hydrogens is 769 g/mol. The quantitative estimate of drug-likeness (QED) is 0.0892. The molecule has 59 heavy (non-hydrogen) atoms. The standard InChI is InChI=1S/C45H64N6O7S/c1-29-39(59-28-48-29)33-21-19-32(20-22-33)26-47-41(55)36-25-35(52)27-51(36)42(56)40(44(2,3)4)50-38(54)14-9-8-11-30-15-17-31(18-16-30)12-10-13-34(23-24-37(46)53)49-43(57)58-45(5,6)7/h15-22,28,34-36,40,52H,8-14,23-27H2,1-7H3,(H2,46,53)(H,47,55)(H,49,57)(H,50,54)/t34-,35-,36+,40-/m1/s1. The van der Waals surface area contributed by atoms with Crippen LogP contribution in [-0.4, -0.2) is 81.1 Å². The maximum absolute atomic E-state index is 14.0. The van der Waals surface area contributed by atoms with Gasteiger partial charge in [-0.25, -0.2) is 9.78 Å². The Hall–Kier alpha value is -4.82. The van der Waals surface area contributed by atoms with E-state index in [0.29, 0.717) is 19.3 Å². The minimum Gasteiger partial charge on any atom is -0.444 e. The highest BCUT2D eigenvalue weighted by atomic mass is 32.1. The SMILES string of the molecule is Cc1ncsc1-c1ccc(CNC(=O)[C@@H]2C[C@@H](O)CN2C(=O)[C@@H](NC(=O)CCCCc2ccc(CCC[C@H](CCC(N)=O)NC(=O)OC(C)(C)C)cc2)C(C)(C)C)cc1. The zero-order chi connectivity index (χ0) is 43.3. The predicted octanol–water partition coefficient (Wildman–Crippen LogP) is 6.12. The molecule has 0 bridgehead atoms. The lowest BCUT2D eigenvalue weighted by Crippen LogP contribution is -2.57. The van der Waals surface area contributed by atoms with E-state index in [0.717, 1.165) is 58.5 Å². The molecule has 1 aromatic heterocycles. The molecule has 2 heterocycles. The van der Waals surface area contributed by atoms with E-state index in [1.807, 2.05) is 57.5 Å². The van der Waals surface area contributed by atoms with Gasteiger partial charge in [0.25, 0.3) is 0 Å². The summed E-state index contributed by atoms with van der Waals surface area (Å²) in [5.74, 6) is -1.37. The molecule has 4 atom stereocenters. The summed E-state index contributed by atoms with van der Waals surface area (Å²) in [7, 11) is 0. The maximum Gasteiger partial charge on any atom is 0.407 e. The van der Waals surface area contributed by atoms with Crippen molar-refractivity contribution in [2.75, 3.05) is 6.54 Å². The number of aliphatic hydroxyl groups excluding tert-OH is 1. The Morgan fingerprint density at radius 2 is 1.51 bits per heavy atom. The van der Waals surface area contributed by atoms with Crippen molar-refractivity contribution in [1.29, 1.82) is 0 Å². The molecule has 1 aliphatic heterocycles. The van der Waals surface area contributed by atoms with E-state index in [4.69, 9.17) is 10.5 Å². The fourth-order valence-electron chi connectivity index (χ4n) is 7.13. The number of carbonyl (C=O) groups is 5. The molecule has 0 saturated carbocycles. The zero-order valence-corrected chi connectivity index (χ0v) is 36.6. The van der Waals surface area contributed by atoms with Crippen LogP contribution >= 0.6 is 11.3 Å². The Bertz CT molecular complexity index is 1870. The summed E-state index contributed by atoms with van der Waals surface area (Å²) < 4.78 is 5.38. The van der Waals surface area contributed by atoms with Crippen LogP contribution in [-0.2, 0) is 43.3 Å². The van der Waals surface area contributed by atoms with Crippen LogP contribution in [0.5, 0.6) is 0 Å². The topological polar surface area (TPSA) is 193 Å². The second-order valence-corrected chi connectivity index (χ2v) is 18.6. The third kappa shape index (κ3) is 15.4. The third-order valence-electron chi connectivity index (χ3n) is 10.3. The summed E-state index contributed by atoms with van der Waals surface area (Å²) in [4.78, 5) is 71.1. The van der Waals surface area contributed by atoms with Gasteiger partial charge in [0.1, 0.15) is 17.7 Å². The number of nitrogens with two attached hydrogens (primary N) is 1. The van der Waals surface area contributed by atoms with Gasteiger partial charge in [-0.15, -0.1) is 11.3 Å². The average molecular weight is 833 g/mol. The van der Waals surface area contributed by atoms with Gasteiger partial charge in [-0.05, 0) is 100 Å². The molecule has 5 amide bonds. The fourth-order valence-corrected chi connectivity index (χ4v) is 7.94. The number of hydrogen-bond donors (Lipinski definition) is 5. The summed E-state index contributed by atoms with van der Waals surface area (Å²) in [6.07, 6.45) is 4.16. The van der Waals surface area contributed by atoms with Gasteiger partial charge < -0.3 is 36.4 Å². The summed E-state index contributed by atoms with van der Waals surface area (Å²) in [5.41, 5.74) is 11.2. The van der Waals surface area contributed by atoms with E-state index in [2.05, 4.69) is 45.2 Å². The predicted molar refractivity (Wildman–Crippen MR) is 230 cm³/mol. The first kappa shape index (κ1) is 46.9. The first-order valence-corrected chi connectivity index (χ1v) is 21.6. The molecule has 0 aliphatic carbocycles. The fraction of sp³-hybridized carbons (Fsp3) is 0.556. The molecule has 322 valence electrons. The Morgan fingerprint density at radius 3 is 2.08 bits per heavy atom. The average Bonchev–Trinajstić information content (AvgIpc) is 3.78. The molecule has 0 spiro atoms. The Morgan fingerprint density at radius 1 is 0.881 bits per heavy atom. The lowest BCUT2D eigenvalue weighted by Gasteiger charge is -2.35. The number of hydrogen-bond acceptors (Lipinski definition) is 9.